The molecule has 4 unspecified atom stereocenters. The third kappa shape index (κ3) is 2.91. The van der Waals surface area contributed by atoms with Crippen molar-refractivity contribution in [2.24, 2.45) is 23.7 Å². The summed E-state index contributed by atoms with van der Waals surface area (Å²) in [5, 5.41) is 11.9. The number of hydrogen-bond donors (Lipinski definition) is 2. The van der Waals surface area contributed by atoms with E-state index in [1.54, 1.807) is 4.90 Å². The molecule has 2 bridgehead atoms. The molecule has 0 radical (unpaired) electrons. The molecular weight excluding hydrogens is 256 g/mol. The van der Waals surface area contributed by atoms with E-state index in [2.05, 4.69) is 5.32 Å². The topological polar surface area (TPSA) is 69.6 Å². The van der Waals surface area contributed by atoms with E-state index in [9.17, 15) is 9.59 Å². The first-order valence-corrected chi connectivity index (χ1v) is 7.86. The maximum absolute atomic E-state index is 12.1. The van der Waals surface area contributed by atoms with Gasteiger partial charge in [-0.05, 0) is 49.4 Å². The standard InChI is InChI=1S/C15H24N2O3/c18-14(19)7-11-3-4-17(9-11)15(20)16-8-13-6-10-1-2-12(13)5-10/h10-13H,1-9H2,(H,16,20)(H,18,19). The molecule has 0 aromatic carbocycles. The number of nitrogens with zero attached hydrogens (tertiary/aromatic N) is 1. The van der Waals surface area contributed by atoms with Gasteiger partial charge < -0.3 is 15.3 Å². The van der Waals surface area contributed by atoms with Gasteiger partial charge in [0.2, 0.25) is 0 Å². The molecule has 1 saturated heterocycles. The van der Waals surface area contributed by atoms with E-state index in [-0.39, 0.29) is 18.4 Å². The zero-order chi connectivity index (χ0) is 14.1. The number of carboxylic acid groups (broad SMARTS) is 1. The second-order valence-corrected chi connectivity index (χ2v) is 6.82. The number of carboxylic acids is 1. The summed E-state index contributed by atoms with van der Waals surface area (Å²) in [5.41, 5.74) is 0. The molecule has 2 aliphatic carbocycles. The monoisotopic (exact) mass is 280 g/mol. The number of rotatable bonds is 4. The number of likely N-dealkylation sites (tertiary alicyclic amines) is 1. The molecule has 3 fully saturated rings. The van der Waals surface area contributed by atoms with E-state index in [4.69, 9.17) is 5.11 Å². The van der Waals surface area contributed by atoms with Crippen LogP contribution < -0.4 is 5.32 Å². The van der Waals surface area contributed by atoms with E-state index < -0.39 is 5.97 Å². The number of aliphatic carboxylic acids is 1. The molecular formula is C15H24N2O3. The average molecular weight is 280 g/mol. The van der Waals surface area contributed by atoms with Gasteiger partial charge in [-0.2, -0.15) is 0 Å². The number of carbonyl (C=O) groups excluding carboxylic acids is 1. The van der Waals surface area contributed by atoms with E-state index in [1.165, 1.54) is 25.7 Å². The normalized spacial score (nSPS) is 35.5. The highest BCUT2D eigenvalue weighted by atomic mass is 16.4. The summed E-state index contributed by atoms with van der Waals surface area (Å²) >= 11 is 0. The van der Waals surface area contributed by atoms with Crippen molar-refractivity contribution in [3.05, 3.63) is 0 Å². The minimum Gasteiger partial charge on any atom is -0.481 e. The molecule has 1 heterocycles. The van der Waals surface area contributed by atoms with Gasteiger partial charge >= 0.3 is 12.0 Å². The number of carbonyl (C=O) groups is 2. The van der Waals surface area contributed by atoms with Gasteiger partial charge in [0.1, 0.15) is 0 Å². The van der Waals surface area contributed by atoms with Gasteiger partial charge in [-0.25, -0.2) is 4.79 Å². The smallest absolute Gasteiger partial charge is 0.317 e. The Kier molecular flexibility index (Phi) is 3.85. The molecule has 20 heavy (non-hydrogen) atoms. The largest absolute Gasteiger partial charge is 0.481 e. The summed E-state index contributed by atoms with van der Waals surface area (Å²) in [6.07, 6.45) is 6.37. The third-order valence-electron chi connectivity index (χ3n) is 5.44. The maximum Gasteiger partial charge on any atom is 0.317 e. The lowest BCUT2D eigenvalue weighted by Crippen LogP contribution is -2.41. The highest BCUT2D eigenvalue weighted by Crippen LogP contribution is 2.47. The fourth-order valence-electron chi connectivity index (χ4n) is 4.39. The van der Waals surface area contributed by atoms with Gasteiger partial charge in [0.15, 0.2) is 0 Å². The summed E-state index contributed by atoms with van der Waals surface area (Å²) in [4.78, 5) is 24.6. The SMILES string of the molecule is O=C(O)CC1CCN(C(=O)NCC2CC3CCC2C3)C1. The Labute approximate surface area is 119 Å². The number of fused-ring (bicyclic) bond motifs is 2. The molecule has 5 heteroatoms. The number of urea groups is 1. The van der Waals surface area contributed by atoms with Crippen LogP contribution in [0.1, 0.15) is 38.5 Å². The van der Waals surface area contributed by atoms with Crippen molar-refractivity contribution in [2.45, 2.75) is 38.5 Å². The van der Waals surface area contributed by atoms with Crippen LogP contribution in [-0.4, -0.2) is 41.6 Å². The second-order valence-electron chi connectivity index (χ2n) is 6.82. The lowest BCUT2D eigenvalue weighted by molar-refractivity contribution is -0.138. The van der Waals surface area contributed by atoms with Crippen molar-refractivity contribution < 1.29 is 14.7 Å². The van der Waals surface area contributed by atoms with Crippen LogP contribution in [0.4, 0.5) is 4.79 Å². The van der Waals surface area contributed by atoms with E-state index in [1.807, 2.05) is 0 Å². The zero-order valence-corrected chi connectivity index (χ0v) is 11.9. The molecule has 2 saturated carbocycles. The first-order valence-electron chi connectivity index (χ1n) is 7.86. The van der Waals surface area contributed by atoms with Gasteiger partial charge in [-0.3, -0.25) is 4.79 Å². The Morgan fingerprint density at radius 2 is 2.05 bits per heavy atom. The van der Waals surface area contributed by atoms with E-state index in [0.29, 0.717) is 19.0 Å². The summed E-state index contributed by atoms with van der Waals surface area (Å²) in [6.45, 7) is 2.09. The predicted molar refractivity (Wildman–Crippen MR) is 74.3 cm³/mol. The highest BCUT2D eigenvalue weighted by molar-refractivity contribution is 5.74. The van der Waals surface area contributed by atoms with Gasteiger partial charge in [0.05, 0.1) is 0 Å². The van der Waals surface area contributed by atoms with Gasteiger partial charge in [0, 0.05) is 26.1 Å². The second kappa shape index (κ2) is 5.62. The first-order chi connectivity index (χ1) is 9.61. The molecule has 2 amide bonds. The van der Waals surface area contributed by atoms with Crippen molar-refractivity contribution in [3.63, 3.8) is 0 Å². The van der Waals surface area contributed by atoms with Crippen molar-refractivity contribution in [1.82, 2.24) is 10.2 Å². The van der Waals surface area contributed by atoms with Crippen LogP contribution >= 0.6 is 0 Å². The van der Waals surface area contributed by atoms with Gasteiger partial charge in [-0.15, -0.1) is 0 Å². The lowest BCUT2D eigenvalue weighted by atomic mass is 9.89. The van der Waals surface area contributed by atoms with E-state index >= 15 is 0 Å². The predicted octanol–water partition coefficient (Wildman–Crippen LogP) is 1.93. The molecule has 3 rings (SSSR count). The molecule has 1 aliphatic heterocycles. The maximum atomic E-state index is 12.1. The number of hydrogen-bond acceptors (Lipinski definition) is 2. The highest BCUT2D eigenvalue weighted by Gasteiger charge is 2.39. The molecule has 112 valence electrons. The van der Waals surface area contributed by atoms with E-state index in [0.717, 1.165) is 24.8 Å². The molecule has 0 aromatic rings. The van der Waals surface area contributed by atoms with Crippen LogP contribution in [0.25, 0.3) is 0 Å². The van der Waals surface area contributed by atoms with Crippen molar-refractivity contribution in [3.8, 4) is 0 Å². The first kappa shape index (κ1) is 13.7. The van der Waals surface area contributed by atoms with Crippen LogP contribution in [0.15, 0.2) is 0 Å². The third-order valence-corrected chi connectivity index (χ3v) is 5.44. The minimum atomic E-state index is -0.765. The Bertz CT molecular complexity index is 399. The molecule has 5 nitrogen and oxygen atoms in total. The minimum absolute atomic E-state index is 0.000613. The van der Waals surface area contributed by atoms with Gasteiger partial charge in [0.25, 0.3) is 0 Å². The summed E-state index contributed by atoms with van der Waals surface area (Å²) < 4.78 is 0. The fourth-order valence-corrected chi connectivity index (χ4v) is 4.39. The van der Waals surface area contributed by atoms with Crippen LogP contribution in [0.3, 0.4) is 0 Å². The Hall–Kier alpha value is -1.26. The van der Waals surface area contributed by atoms with Gasteiger partial charge in [-0.1, -0.05) is 6.42 Å². The number of nitrogens with one attached hydrogen (secondary N) is 1. The van der Waals surface area contributed by atoms with Crippen LogP contribution in [0.2, 0.25) is 0 Å². The van der Waals surface area contributed by atoms with Crippen molar-refractivity contribution in [1.29, 1.82) is 0 Å². The Balaban J connectivity index is 1.40. The quantitative estimate of drug-likeness (QED) is 0.826. The fraction of sp³-hybridized carbons (Fsp3) is 0.867. The van der Waals surface area contributed by atoms with Crippen LogP contribution in [0.5, 0.6) is 0 Å². The molecule has 2 N–H and O–H groups in total. The summed E-state index contributed by atoms with van der Waals surface area (Å²) in [7, 11) is 0. The molecule has 4 atom stereocenters. The molecule has 0 aromatic heterocycles. The average Bonchev–Trinajstić information content (AvgIpc) is 3.10. The zero-order valence-electron chi connectivity index (χ0n) is 11.9. The van der Waals surface area contributed by atoms with Crippen molar-refractivity contribution >= 4 is 12.0 Å². The number of amides is 2. The van der Waals surface area contributed by atoms with Crippen molar-refractivity contribution in [2.75, 3.05) is 19.6 Å². The molecule has 3 aliphatic rings. The summed E-state index contributed by atoms with van der Waals surface area (Å²) in [5.74, 6) is 1.78. The Morgan fingerprint density at radius 1 is 1.20 bits per heavy atom. The molecule has 0 spiro atoms. The van der Waals surface area contributed by atoms with Crippen LogP contribution in [0, 0.1) is 23.7 Å². The van der Waals surface area contributed by atoms with Crippen LogP contribution in [-0.2, 0) is 4.79 Å². The Morgan fingerprint density at radius 3 is 2.70 bits per heavy atom. The summed E-state index contributed by atoms with van der Waals surface area (Å²) in [6, 6.07) is 0.000613. The lowest BCUT2D eigenvalue weighted by Gasteiger charge is -2.24.